The fourth-order valence-corrected chi connectivity index (χ4v) is 2.71. The fraction of sp³-hybridized carbons (Fsp3) is 0.474. The lowest BCUT2D eigenvalue weighted by atomic mass is 9.82. The van der Waals surface area contributed by atoms with Gasteiger partial charge in [0.2, 0.25) is 0 Å². The van der Waals surface area contributed by atoms with Gasteiger partial charge in [0.05, 0.1) is 0 Å². The van der Waals surface area contributed by atoms with Crippen LogP contribution in [0.15, 0.2) is 46.9 Å². The molecule has 0 saturated heterocycles. The first-order chi connectivity index (χ1) is 9.44. The highest BCUT2D eigenvalue weighted by Crippen LogP contribution is 2.28. The minimum absolute atomic E-state index is 0.217. The van der Waals surface area contributed by atoms with Gasteiger partial charge in [0, 0.05) is 12.8 Å². The molecule has 108 valence electrons. The van der Waals surface area contributed by atoms with Crippen molar-refractivity contribution in [2.24, 2.45) is 11.3 Å². The standard InChI is InChI=1S/C19H26O/c1-15(2)12-17-10-11-18(20-17)14-19(3,4)13-16-8-6-5-7-9-16/h5-11,15H,12-14H2,1-4H3. The molecular formula is C19H26O. The highest BCUT2D eigenvalue weighted by atomic mass is 16.3. The van der Waals surface area contributed by atoms with Crippen LogP contribution in [-0.2, 0) is 19.3 Å². The van der Waals surface area contributed by atoms with Crippen LogP contribution >= 0.6 is 0 Å². The smallest absolute Gasteiger partial charge is 0.104 e. The van der Waals surface area contributed by atoms with Gasteiger partial charge >= 0.3 is 0 Å². The number of benzene rings is 1. The summed E-state index contributed by atoms with van der Waals surface area (Å²) < 4.78 is 5.97. The summed E-state index contributed by atoms with van der Waals surface area (Å²) in [6, 6.07) is 15.0. The zero-order chi connectivity index (χ0) is 14.6. The molecule has 1 aromatic carbocycles. The number of furan rings is 1. The molecular weight excluding hydrogens is 244 g/mol. The Morgan fingerprint density at radius 1 is 0.900 bits per heavy atom. The fourth-order valence-electron chi connectivity index (χ4n) is 2.71. The zero-order valence-corrected chi connectivity index (χ0v) is 13.1. The summed E-state index contributed by atoms with van der Waals surface area (Å²) in [4.78, 5) is 0. The second kappa shape index (κ2) is 6.30. The van der Waals surface area contributed by atoms with E-state index < -0.39 is 0 Å². The summed E-state index contributed by atoms with van der Waals surface area (Å²) in [6.45, 7) is 9.07. The third kappa shape index (κ3) is 4.56. The van der Waals surface area contributed by atoms with Crippen LogP contribution in [0.25, 0.3) is 0 Å². The Hall–Kier alpha value is -1.50. The SMILES string of the molecule is CC(C)Cc1ccc(CC(C)(C)Cc2ccccc2)o1. The van der Waals surface area contributed by atoms with Crippen molar-refractivity contribution in [3.05, 3.63) is 59.5 Å². The Morgan fingerprint density at radius 3 is 2.20 bits per heavy atom. The van der Waals surface area contributed by atoms with Gasteiger partial charge in [-0.05, 0) is 35.4 Å². The number of hydrogen-bond acceptors (Lipinski definition) is 1. The molecule has 1 heterocycles. The topological polar surface area (TPSA) is 13.1 Å². The van der Waals surface area contributed by atoms with E-state index in [9.17, 15) is 0 Å². The first-order valence-corrected chi connectivity index (χ1v) is 7.56. The van der Waals surface area contributed by atoms with Gasteiger partial charge in [-0.15, -0.1) is 0 Å². The molecule has 0 atom stereocenters. The molecule has 0 unspecified atom stereocenters. The van der Waals surface area contributed by atoms with Gasteiger partial charge in [-0.2, -0.15) is 0 Å². The van der Waals surface area contributed by atoms with Gasteiger partial charge < -0.3 is 4.42 Å². The first-order valence-electron chi connectivity index (χ1n) is 7.56. The molecule has 0 aliphatic carbocycles. The van der Waals surface area contributed by atoms with E-state index in [4.69, 9.17) is 4.42 Å². The summed E-state index contributed by atoms with van der Waals surface area (Å²) in [6.07, 6.45) is 3.09. The largest absolute Gasteiger partial charge is 0.466 e. The molecule has 0 aliphatic heterocycles. The van der Waals surface area contributed by atoms with Crippen LogP contribution in [-0.4, -0.2) is 0 Å². The molecule has 1 nitrogen and oxygen atoms in total. The second-order valence-corrected chi connectivity index (χ2v) is 6.97. The van der Waals surface area contributed by atoms with Crippen LogP contribution < -0.4 is 0 Å². The molecule has 1 heteroatoms. The predicted octanol–water partition coefficient (Wildman–Crippen LogP) is 5.29. The average Bonchev–Trinajstić information content (AvgIpc) is 2.75. The van der Waals surface area contributed by atoms with E-state index in [0.717, 1.165) is 30.8 Å². The van der Waals surface area contributed by atoms with Crippen molar-refractivity contribution in [2.75, 3.05) is 0 Å². The summed E-state index contributed by atoms with van der Waals surface area (Å²) in [5.74, 6) is 2.87. The molecule has 0 N–H and O–H groups in total. The van der Waals surface area contributed by atoms with Gasteiger partial charge in [-0.1, -0.05) is 58.0 Å². The Kier molecular flexibility index (Phi) is 4.69. The Morgan fingerprint density at radius 2 is 1.55 bits per heavy atom. The lowest BCUT2D eigenvalue weighted by Crippen LogP contribution is -2.18. The van der Waals surface area contributed by atoms with Gasteiger partial charge in [0.15, 0.2) is 0 Å². The van der Waals surface area contributed by atoms with Crippen LogP contribution in [0, 0.1) is 11.3 Å². The monoisotopic (exact) mass is 270 g/mol. The van der Waals surface area contributed by atoms with Crippen molar-refractivity contribution in [2.45, 2.75) is 47.0 Å². The van der Waals surface area contributed by atoms with E-state index in [-0.39, 0.29) is 5.41 Å². The Balaban J connectivity index is 1.99. The van der Waals surface area contributed by atoms with E-state index in [1.807, 2.05) is 0 Å². The molecule has 0 fully saturated rings. The van der Waals surface area contributed by atoms with Crippen molar-refractivity contribution in [3.63, 3.8) is 0 Å². The lowest BCUT2D eigenvalue weighted by molar-refractivity contribution is 0.318. The minimum Gasteiger partial charge on any atom is -0.466 e. The molecule has 0 bridgehead atoms. The first kappa shape index (κ1) is 14.9. The van der Waals surface area contributed by atoms with Crippen LogP contribution in [0.3, 0.4) is 0 Å². The van der Waals surface area contributed by atoms with Crippen LogP contribution in [0.2, 0.25) is 0 Å². The average molecular weight is 270 g/mol. The summed E-state index contributed by atoms with van der Waals surface area (Å²) >= 11 is 0. The molecule has 0 saturated carbocycles. The second-order valence-electron chi connectivity index (χ2n) is 6.97. The highest BCUT2D eigenvalue weighted by molar-refractivity contribution is 5.17. The molecule has 0 aliphatic rings. The highest BCUT2D eigenvalue weighted by Gasteiger charge is 2.21. The third-order valence-electron chi connectivity index (χ3n) is 3.51. The van der Waals surface area contributed by atoms with Crippen LogP contribution in [0.5, 0.6) is 0 Å². The maximum absolute atomic E-state index is 5.97. The quantitative estimate of drug-likeness (QED) is 0.695. The van der Waals surface area contributed by atoms with E-state index in [1.54, 1.807) is 0 Å². The molecule has 2 aromatic rings. The normalized spacial score (nSPS) is 12.1. The molecule has 2 rings (SSSR count). The van der Waals surface area contributed by atoms with E-state index in [1.165, 1.54) is 5.56 Å². The van der Waals surface area contributed by atoms with Crippen LogP contribution in [0.4, 0.5) is 0 Å². The maximum Gasteiger partial charge on any atom is 0.104 e. The lowest BCUT2D eigenvalue weighted by Gasteiger charge is -2.23. The van der Waals surface area contributed by atoms with E-state index in [2.05, 4.69) is 70.2 Å². The van der Waals surface area contributed by atoms with Gasteiger partial charge in [0.25, 0.3) is 0 Å². The molecule has 20 heavy (non-hydrogen) atoms. The van der Waals surface area contributed by atoms with Crippen molar-refractivity contribution < 1.29 is 4.42 Å². The Labute approximate surface area is 123 Å². The predicted molar refractivity (Wildman–Crippen MR) is 84.9 cm³/mol. The molecule has 0 amide bonds. The summed E-state index contributed by atoms with van der Waals surface area (Å²) in [5.41, 5.74) is 1.61. The van der Waals surface area contributed by atoms with Gasteiger partial charge in [-0.3, -0.25) is 0 Å². The third-order valence-corrected chi connectivity index (χ3v) is 3.51. The zero-order valence-electron chi connectivity index (χ0n) is 13.1. The molecule has 0 radical (unpaired) electrons. The molecule has 0 spiro atoms. The van der Waals surface area contributed by atoms with Crippen LogP contribution in [0.1, 0.15) is 44.8 Å². The Bertz CT molecular complexity index is 520. The molecule has 1 aromatic heterocycles. The number of rotatable bonds is 6. The number of hydrogen-bond donors (Lipinski definition) is 0. The van der Waals surface area contributed by atoms with Crippen molar-refractivity contribution in [1.29, 1.82) is 0 Å². The van der Waals surface area contributed by atoms with Crippen molar-refractivity contribution in [3.8, 4) is 0 Å². The summed E-state index contributed by atoms with van der Waals surface area (Å²) in [5, 5.41) is 0. The van der Waals surface area contributed by atoms with E-state index >= 15 is 0 Å². The maximum atomic E-state index is 5.97. The van der Waals surface area contributed by atoms with Gasteiger partial charge in [-0.25, -0.2) is 0 Å². The van der Waals surface area contributed by atoms with E-state index in [0.29, 0.717) is 5.92 Å². The summed E-state index contributed by atoms with van der Waals surface area (Å²) in [7, 11) is 0. The minimum atomic E-state index is 0.217. The van der Waals surface area contributed by atoms with Gasteiger partial charge in [0.1, 0.15) is 11.5 Å². The van der Waals surface area contributed by atoms with Crippen molar-refractivity contribution >= 4 is 0 Å². The van der Waals surface area contributed by atoms with Crippen molar-refractivity contribution in [1.82, 2.24) is 0 Å².